The third-order valence-corrected chi connectivity index (χ3v) is 11.9. The second kappa shape index (κ2) is 16.5. The van der Waals surface area contributed by atoms with Gasteiger partial charge in [0.1, 0.15) is 24.1 Å². The second-order valence-electron chi connectivity index (χ2n) is 15.5. The molecule has 2 saturated carbocycles. The SMILES string of the molecule is C=C[C@@H]1C[C@]1(CC(=O)[C@@H]1CC(OC(=O)N2Cc3cccc(F)c3C2)CN1C(=O)[C@H](COC(=O)/C=C/C=C/C)CC(=O)OC(C)(C)C)C(=O)NS(=O)(=O)C1CC1. The molecule has 2 heterocycles. The summed E-state index contributed by atoms with van der Waals surface area (Å²) in [6.07, 6.45) is 5.31. The van der Waals surface area contributed by atoms with Gasteiger partial charge in [0.15, 0.2) is 5.78 Å². The lowest BCUT2D eigenvalue weighted by molar-refractivity contribution is -0.161. The summed E-state index contributed by atoms with van der Waals surface area (Å²) in [5.41, 5.74) is -1.37. The van der Waals surface area contributed by atoms with Crippen LogP contribution in [0.5, 0.6) is 0 Å². The molecule has 55 heavy (non-hydrogen) atoms. The highest BCUT2D eigenvalue weighted by Crippen LogP contribution is 2.57. The molecule has 0 radical (unpaired) electrons. The number of likely N-dealkylation sites (tertiary alicyclic amines) is 1. The standard InChI is InChI=1S/C39H48FN3O11S/c1-6-8-9-13-33(45)52-23-25(16-34(46)54-38(3,4)5)35(47)43-21-27(53-37(49)42-20-24-11-10-12-30(40)29(24)22-42)17-31(43)32(44)19-39(18-26(39)7-2)36(48)41-55(50,51)28-14-15-28/h6-13,25-28,31H,2,14-23H2,1,3-5H3,(H,41,48)/b8-6+,13-9+/t25-,26+,27?,31-,39+/m0/s1. The number of benzene rings is 1. The molecule has 3 amide bonds. The number of hydrogen-bond donors (Lipinski definition) is 1. The smallest absolute Gasteiger partial charge is 0.410 e. The molecule has 2 aliphatic carbocycles. The molecule has 0 aromatic heterocycles. The van der Waals surface area contributed by atoms with Gasteiger partial charge in [-0.2, -0.15) is 0 Å². The number of carbonyl (C=O) groups is 6. The normalized spacial score (nSPS) is 24.0. The molecule has 5 atom stereocenters. The number of Topliss-reactive ketones (excluding diaryl/α,β-unsaturated/α-hetero) is 1. The van der Waals surface area contributed by atoms with Gasteiger partial charge in [-0.3, -0.25) is 28.8 Å². The molecule has 1 aromatic carbocycles. The van der Waals surface area contributed by atoms with Crippen LogP contribution in [-0.2, 0) is 61.3 Å². The van der Waals surface area contributed by atoms with Gasteiger partial charge in [-0.05, 0) is 64.5 Å². The molecule has 1 unspecified atom stereocenters. The van der Waals surface area contributed by atoms with Gasteiger partial charge in [-0.15, -0.1) is 6.58 Å². The Labute approximate surface area is 320 Å². The van der Waals surface area contributed by atoms with Crippen molar-refractivity contribution in [3.63, 3.8) is 0 Å². The van der Waals surface area contributed by atoms with Crippen LogP contribution in [0.4, 0.5) is 9.18 Å². The summed E-state index contributed by atoms with van der Waals surface area (Å²) in [6.45, 7) is 9.61. The van der Waals surface area contributed by atoms with Gasteiger partial charge in [0, 0.05) is 31.0 Å². The molecular formula is C39H48FN3O11S. The van der Waals surface area contributed by atoms with E-state index in [1.54, 1.807) is 45.9 Å². The van der Waals surface area contributed by atoms with E-state index in [1.807, 2.05) is 0 Å². The number of esters is 2. The number of allylic oxidation sites excluding steroid dienone is 4. The number of halogens is 1. The number of ketones is 1. The number of fused-ring (bicyclic) bond motifs is 1. The Bertz CT molecular complexity index is 1900. The summed E-state index contributed by atoms with van der Waals surface area (Å²) < 4.78 is 58.5. The van der Waals surface area contributed by atoms with Crippen molar-refractivity contribution in [3.05, 3.63) is 72.1 Å². The van der Waals surface area contributed by atoms with E-state index in [-0.39, 0.29) is 32.5 Å². The lowest BCUT2D eigenvalue weighted by atomic mass is 9.91. The van der Waals surface area contributed by atoms with Crippen LogP contribution >= 0.6 is 0 Å². The highest BCUT2D eigenvalue weighted by atomic mass is 32.2. The van der Waals surface area contributed by atoms with E-state index in [4.69, 9.17) is 14.2 Å². The first-order chi connectivity index (χ1) is 25.9. The molecule has 5 rings (SSSR count). The van der Waals surface area contributed by atoms with Crippen molar-refractivity contribution >= 4 is 45.7 Å². The summed E-state index contributed by atoms with van der Waals surface area (Å²) in [4.78, 5) is 83.5. The zero-order valence-electron chi connectivity index (χ0n) is 31.5. The molecule has 16 heteroatoms. The van der Waals surface area contributed by atoms with Crippen molar-refractivity contribution in [2.24, 2.45) is 17.3 Å². The van der Waals surface area contributed by atoms with E-state index in [1.165, 1.54) is 29.2 Å². The number of carbonyl (C=O) groups excluding carboxylic acids is 6. The topological polar surface area (TPSA) is 183 Å². The fraction of sp³-hybridized carbons (Fsp3) is 0.538. The Hall–Kier alpha value is -4.86. The quantitative estimate of drug-likeness (QED) is 0.0891. The molecule has 298 valence electrons. The molecule has 3 fully saturated rings. The highest BCUT2D eigenvalue weighted by molar-refractivity contribution is 7.90. The van der Waals surface area contributed by atoms with E-state index in [0.29, 0.717) is 24.0 Å². The van der Waals surface area contributed by atoms with E-state index in [9.17, 15) is 41.6 Å². The third kappa shape index (κ3) is 10.1. The molecule has 14 nitrogen and oxygen atoms in total. The van der Waals surface area contributed by atoms with Gasteiger partial charge in [0.05, 0.1) is 42.1 Å². The number of hydrogen-bond acceptors (Lipinski definition) is 11. The molecule has 0 spiro atoms. The molecular weight excluding hydrogens is 738 g/mol. The van der Waals surface area contributed by atoms with Crippen LogP contribution in [0.15, 0.2) is 55.2 Å². The van der Waals surface area contributed by atoms with E-state index >= 15 is 0 Å². The van der Waals surface area contributed by atoms with E-state index < -0.39 is 111 Å². The number of nitrogens with one attached hydrogen (secondary N) is 1. The number of nitrogens with zero attached hydrogens (tertiary/aromatic N) is 2. The Morgan fingerprint density at radius 1 is 1.11 bits per heavy atom. The van der Waals surface area contributed by atoms with Crippen molar-refractivity contribution in [2.45, 2.75) is 102 Å². The zero-order chi connectivity index (χ0) is 40.3. The van der Waals surface area contributed by atoms with Crippen molar-refractivity contribution < 1.29 is 55.8 Å². The lowest BCUT2D eigenvalue weighted by Gasteiger charge is -2.29. The zero-order valence-corrected chi connectivity index (χ0v) is 32.3. The minimum absolute atomic E-state index is 0.0469. The second-order valence-corrected chi connectivity index (χ2v) is 17.5. The fourth-order valence-electron chi connectivity index (χ4n) is 6.98. The molecule has 4 aliphatic rings. The van der Waals surface area contributed by atoms with E-state index in [0.717, 1.165) is 11.0 Å². The van der Waals surface area contributed by atoms with Crippen LogP contribution in [0.1, 0.15) is 77.3 Å². The van der Waals surface area contributed by atoms with Gasteiger partial charge >= 0.3 is 18.0 Å². The maximum Gasteiger partial charge on any atom is 0.410 e. The predicted molar refractivity (Wildman–Crippen MR) is 195 cm³/mol. The monoisotopic (exact) mass is 785 g/mol. The number of amides is 3. The molecule has 1 saturated heterocycles. The minimum Gasteiger partial charge on any atom is -0.462 e. The van der Waals surface area contributed by atoms with Gasteiger partial charge in [-0.1, -0.05) is 36.4 Å². The van der Waals surface area contributed by atoms with Crippen LogP contribution in [-0.4, -0.2) is 90.0 Å². The summed E-state index contributed by atoms with van der Waals surface area (Å²) >= 11 is 0. The average Bonchev–Trinajstić information content (AvgIpc) is 4.00. The first kappa shape index (κ1) is 41.3. The largest absolute Gasteiger partial charge is 0.462 e. The molecule has 2 aliphatic heterocycles. The first-order valence-electron chi connectivity index (χ1n) is 18.3. The van der Waals surface area contributed by atoms with Gasteiger partial charge in [-0.25, -0.2) is 22.4 Å². The summed E-state index contributed by atoms with van der Waals surface area (Å²) in [5, 5.41) is -0.682. The number of ether oxygens (including phenoxy) is 3. The summed E-state index contributed by atoms with van der Waals surface area (Å²) in [5.74, 6) is -6.07. The number of sulfonamides is 1. The van der Waals surface area contributed by atoms with Crippen LogP contribution in [0.25, 0.3) is 0 Å². The Morgan fingerprint density at radius 3 is 2.45 bits per heavy atom. The van der Waals surface area contributed by atoms with Crippen LogP contribution < -0.4 is 4.72 Å². The van der Waals surface area contributed by atoms with Crippen molar-refractivity contribution in [2.75, 3.05) is 13.2 Å². The Kier molecular flexibility index (Phi) is 12.4. The predicted octanol–water partition coefficient (Wildman–Crippen LogP) is 4.03. The van der Waals surface area contributed by atoms with Gasteiger partial charge in [0.2, 0.25) is 21.8 Å². The van der Waals surface area contributed by atoms with Crippen LogP contribution in [0.3, 0.4) is 0 Å². The summed E-state index contributed by atoms with van der Waals surface area (Å²) in [6, 6.07) is 3.24. The molecule has 1 aromatic rings. The van der Waals surface area contributed by atoms with Gasteiger partial charge in [0.25, 0.3) is 0 Å². The molecule has 0 bridgehead atoms. The maximum absolute atomic E-state index is 14.4. The average molecular weight is 786 g/mol. The first-order valence-corrected chi connectivity index (χ1v) is 19.8. The lowest BCUT2D eigenvalue weighted by Crippen LogP contribution is -2.47. The molecule has 1 N–H and O–H groups in total. The van der Waals surface area contributed by atoms with E-state index in [2.05, 4.69) is 11.3 Å². The minimum atomic E-state index is -3.94. The third-order valence-electron chi connectivity index (χ3n) is 10.1. The van der Waals surface area contributed by atoms with Crippen molar-refractivity contribution in [1.29, 1.82) is 0 Å². The summed E-state index contributed by atoms with van der Waals surface area (Å²) in [7, 11) is -3.94. The van der Waals surface area contributed by atoms with Gasteiger partial charge < -0.3 is 19.1 Å². The van der Waals surface area contributed by atoms with Crippen molar-refractivity contribution in [1.82, 2.24) is 14.5 Å². The number of rotatable bonds is 15. The highest BCUT2D eigenvalue weighted by Gasteiger charge is 2.61. The Balaban J connectivity index is 1.39. The maximum atomic E-state index is 14.4. The fourth-order valence-corrected chi connectivity index (χ4v) is 8.36. The van der Waals surface area contributed by atoms with Crippen molar-refractivity contribution in [3.8, 4) is 0 Å². The Morgan fingerprint density at radius 2 is 1.84 bits per heavy atom. The van der Waals surface area contributed by atoms with Crippen LogP contribution in [0.2, 0.25) is 0 Å². The van der Waals surface area contributed by atoms with Crippen LogP contribution in [0, 0.1) is 23.1 Å².